The van der Waals surface area contributed by atoms with E-state index < -0.39 is 11.4 Å². The lowest BCUT2D eigenvalue weighted by atomic mass is 9.64. The smallest absolute Gasteiger partial charge is 0.314 e. The van der Waals surface area contributed by atoms with E-state index in [2.05, 4.69) is 40.0 Å². The number of likely N-dealkylation sites (tertiary alicyclic amines) is 1. The minimum Gasteiger partial charge on any atom is -0.481 e. The largest absolute Gasteiger partial charge is 0.481 e. The van der Waals surface area contributed by atoms with E-state index in [1.165, 1.54) is 18.4 Å². The molecule has 3 rings (SSSR count). The first-order chi connectivity index (χ1) is 10.0. The van der Waals surface area contributed by atoms with Crippen LogP contribution in [0.3, 0.4) is 0 Å². The molecule has 21 heavy (non-hydrogen) atoms. The van der Waals surface area contributed by atoms with Crippen LogP contribution in [0.2, 0.25) is 0 Å². The Morgan fingerprint density at radius 2 is 2.00 bits per heavy atom. The molecule has 0 aromatic heterocycles. The summed E-state index contributed by atoms with van der Waals surface area (Å²) in [6.45, 7) is 2.27. The molecule has 0 radical (unpaired) electrons. The van der Waals surface area contributed by atoms with Gasteiger partial charge >= 0.3 is 5.97 Å². The highest BCUT2D eigenvalue weighted by Crippen LogP contribution is 2.45. The van der Waals surface area contributed by atoms with Gasteiger partial charge in [-0.3, -0.25) is 4.79 Å². The van der Waals surface area contributed by atoms with Gasteiger partial charge in [-0.2, -0.15) is 0 Å². The lowest BCUT2D eigenvalue weighted by Crippen LogP contribution is -2.42. The highest BCUT2D eigenvalue weighted by atomic mass is 79.9. The Balaban J connectivity index is 1.85. The van der Waals surface area contributed by atoms with Crippen molar-refractivity contribution in [2.24, 2.45) is 0 Å². The molecule has 3 nitrogen and oxygen atoms in total. The second-order valence-corrected chi connectivity index (χ2v) is 7.41. The number of nitrogens with zero attached hydrogens (tertiary/aromatic N) is 1. The molecule has 0 bridgehead atoms. The van der Waals surface area contributed by atoms with Crippen LogP contribution in [0.5, 0.6) is 0 Å². The van der Waals surface area contributed by atoms with E-state index in [0.717, 1.165) is 42.4 Å². The first-order valence-electron chi connectivity index (χ1n) is 7.75. The molecule has 1 aliphatic carbocycles. The molecular formula is C17H22BrNO2. The van der Waals surface area contributed by atoms with Gasteiger partial charge in [-0.1, -0.05) is 34.5 Å². The third-order valence-corrected chi connectivity index (χ3v) is 6.01. The quantitative estimate of drug-likeness (QED) is 0.900. The molecule has 4 heteroatoms. The lowest BCUT2D eigenvalue weighted by molar-refractivity contribution is -0.147. The molecule has 0 spiro atoms. The monoisotopic (exact) mass is 351 g/mol. The Morgan fingerprint density at radius 3 is 2.48 bits per heavy atom. The average Bonchev–Trinajstić information content (AvgIpc) is 2.38. The molecule has 1 N–H and O–H groups in total. The summed E-state index contributed by atoms with van der Waals surface area (Å²) in [6.07, 6.45) is 4.91. The second kappa shape index (κ2) is 5.73. The Kier molecular flexibility index (Phi) is 4.10. The standard InChI is InChI=1S/C17H22BrNO2/c1-19-9-5-12(6-10-19)14-4-3-13(11-15(14)18)17(16(20)21)7-2-8-17/h3-4,11-12H,2,5-10H2,1H3,(H,20,21). The molecule has 1 saturated heterocycles. The number of carbonyl (C=O) groups is 1. The maximum atomic E-state index is 11.6. The summed E-state index contributed by atoms with van der Waals surface area (Å²) in [5, 5.41) is 9.55. The minimum atomic E-state index is -0.673. The summed E-state index contributed by atoms with van der Waals surface area (Å²) in [5.74, 6) is -0.0838. The van der Waals surface area contributed by atoms with Gasteiger partial charge in [0, 0.05) is 4.47 Å². The van der Waals surface area contributed by atoms with Crippen molar-refractivity contribution in [3.63, 3.8) is 0 Å². The van der Waals surface area contributed by atoms with Crippen molar-refractivity contribution < 1.29 is 9.90 Å². The molecule has 114 valence electrons. The van der Waals surface area contributed by atoms with Crippen molar-refractivity contribution in [1.82, 2.24) is 4.90 Å². The first-order valence-corrected chi connectivity index (χ1v) is 8.54. The first kappa shape index (κ1) is 15.0. The van der Waals surface area contributed by atoms with Gasteiger partial charge in [0.1, 0.15) is 0 Å². The lowest BCUT2D eigenvalue weighted by Gasteiger charge is -2.38. The summed E-state index contributed by atoms with van der Waals surface area (Å²) >= 11 is 3.69. The molecule has 1 aromatic carbocycles. The third-order valence-electron chi connectivity index (χ3n) is 5.33. The van der Waals surface area contributed by atoms with Crippen molar-refractivity contribution in [2.45, 2.75) is 43.4 Å². The van der Waals surface area contributed by atoms with E-state index in [0.29, 0.717) is 5.92 Å². The van der Waals surface area contributed by atoms with Gasteiger partial charge in [-0.15, -0.1) is 0 Å². The van der Waals surface area contributed by atoms with Crippen LogP contribution in [-0.2, 0) is 10.2 Å². The molecule has 0 unspecified atom stereocenters. The molecule has 1 saturated carbocycles. The zero-order chi connectivity index (χ0) is 15.0. The molecule has 1 aromatic rings. The molecular weight excluding hydrogens is 330 g/mol. The maximum absolute atomic E-state index is 11.6. The maximum Gasteiger partial charge on any atom is 0.314 e. The molecule has 0 amide bonds. The van der Waals surface area contributed by atoms with Gasteiger partial charge in [0.25, 0.3) is 0 Å². The van der Waals surface area contributed by atoms with Gasteiger partial charge in [0.2, 0.25) is 0 Å². The van der Waals surface area contributed by atoms with Gasteiger partial charge in [-0.25, -0.2) is 0 Å². The Morgan fingerprint density at radius 1 is 1.33 bits per heavy atom. The van der Waals surface area contributed by atoms with Crippen LogP contribution in [-0.4, -0.2) is 36.1 Å². The van der Waals surface area contributed by atoms with E-state index in [-0.39, 0.29) is 0 Å². The van der Waals surface area contributed by atoms with Crippen LogP contribution in [0.15, 0.2) is 22.7 Å². The van der Waals surface area contributed by atoms with E-state index in [4.69, 9.17) is 0 Å². The Labute approximate surface area is 134 Å². The van der Waals surface area contributed by atoms with Crippen LogP contribution in [0.4, 0.5) is 0 Å². The van der Waals surface area contributed by atoms with E-state index in [1.807, 2.05) is 6.07 Å². The highest BCUT2D eigenvalue weighted by Gasteiger charge is 2.46. The number of carboxylic acid groups (broad SMARTS) is 1. The third kappa shape index (κ3) is 2.64. The zero-order valence-electron chi connectivity index (χ0n) is 12.4. The fourth-order valence-corrected chi connectivity index (χ4v) is 4.33. The molecule has 1 heterocycles. The summed E-state index contributed by atoms with van der Waals surface area (Å²) in [7, 11) is 2.17. The summed E-state index contributed by atoms with van der Waals surface area (Å²) in [4.78, 5) is 14.0. The topological polar surface area (TPSA) is 40.5 Å². The van der Waals surface area contributed by atoms with Crippen molar-refractivity contribution >= 4 is 21.9 Å². The van der Waals surface area contributed by atoms with Gasteiger partial charge in [0.05, 0.1) is 5.41 Å². The number of aliphatic carboxylic acids is 1. The zero-order valence-corrected chi connectivity index (χ0v) is 14.0. The highest BCUT2D eigenvalue weighted by molar-refractivity contribution is 9.10. The van der Waals surface area contributed by atoms with E-state index in [9.17, 15) is 9.90 Å². The number of halogens is 1. The number of benzene rings is 1. The van der Waals surface area contributed by atoms with Crippen LogP contribution in [0.25, 0.3) is 0 Å². The number of piperidine rings is 1. The normalized spacial score (nSPS) is 22.8. The number of carboxylic acids is 1. The summed E-state index contributed by atoms with van der Waals surface area (Å²) in [6, 6.07) is 6.26. The average molecular weight is 352 g/mol. The molecule has 0 atom stereocenters. The predicted molar refractivity (Wildman–Crippen MR) is 86.8 cm³/mol. The van der Waals surface area contributed by atoms with E-state index in [1.54, 1.807) is 0 Å². The summed E-state index contributed by atoms with van der Waals surface area (Å²) in [5.41, 5.74) is 1.67. The number of hydrogen-bond donors (Lipinski definition) is 1. The predicted octanol–water partition coefficient (Wildman–Crippen LogP) is 3.76. The van der Waals surface area contributed by atoms with E-state index >= 15 is 0 Å². The van der Waals surface area contributed by atoms with Crippen LogP contribution < -0.4 is 0 Å². The van der Waals surface area contributed by atoms with Crippen molar-refractivity contribution in [3.05, 3.63) is 33.8 Å². The number of rotatable bonds is 3. The number of hydrogen-bond acceptors (Lipinski definition) is 2. The van der Waals surface area contributed by atoms with Crippen LogP contribution >= 0.6 is 15.9 Å². The van der Waals surface area contributed by atoms with Gasteiger partial charge in [-0.05, 0) is 68.9 Å². The Bertz CT molecular complexity index is 546. The van der Waals surface area contributed by atoms with Crippen LogP contribution in [0, 0.1) is 0 Å². The second-order valence-electron chi connectivity index (χ2n) is 6.55. The molecule has 2 aliphatic rings. The fraction of sp³-hybridized carbons (Fsp3) is 0.588. The Hall–Kier alpha value is -0.870. The minimum absolute atomic E-state index is 0.590. The van der Waals surface area contributed by atoms with Crippen LogP contribution in [0.1, 0.15) is 49.1 Å². The van der Waals surface area contributed by atoms with Crippen molar-refractivity contribution in [1.29, 1.82) is 0 Å². The SMILES string of the molecule is CN1CCC(c2ccc(C3(C(=O)O)CCC3)cc2Br)CC1. The van der Waals surface area contributed by atoms with Crippen molar-refractivity contribution in [2.75, 3.05) is 20.1 Å². The summed E-state index contributed by atoms with van der Waals surface area (Å²) < 4.78 is 1.09. The van der Waals surface area contributed by atoms with Gasteiger partial charge in [0.15, 0.2) is 0 Å². The fourth-order valence-electron chi connectivity index (χ4n) is 3.63. The van der Waals surface area contributed by atoms with Crippen molar-refractivity contribution in [3.8, 4) is 0 Å². The van der Waals surface area contributed by atoms with Gasteiger partial charge < -0.3 is 10.0 Å². The molecule has 2 fully saturated rings. The molecule has 1 aliphatic heterocycles.